The Morgan fingerprint density at radius 3 is 2.43 bits per heavy atom. The molecule has 0 aliphatic carbocycles. The van der Waals surface area contributed by atoms with Crippen LogP contribution in [-0.4, -0.2) is 24.5 Å². The highest BCUT2D eigenvalue weighted by Crippen LogP contribution is 2.22. The Morgan fingerprint density at radius 1 is 1.19 bits per heavy atom. The number of nitrogens with one attached hydrogen (secondary N) is 1. The zero-order valence-electron chi connectivity index (χ0n) is 10.2. The van der Waals surface area contributed by atoms with E-state index in [1.54, 1.807) is 0 Å². The van der Waals surface area contributed by atoms with Gasteiger partial charge in [-0.15, -0.1) is 0 Å². The van der Waals surface area contributed by atoms with Gasteiger partial charge in [0.15, 0.2) is 0 Å². The van der Waals surface area contributed by atoms with Crippen LogP contribution in [0.2, 0.25) is 10.0 Å². The predicted octanol–water partition coefficient (Wildman–Crippen LogP) is 2.89. The van der Waals surface area contributed by atoms with Gasteiger partial charge in [-0.05, 0) is 30.3 Å². The monoisotopic (exact) mass is 346 g/mol. The first-order valence-corrected chi connectivity index (χ1v) is 7.71. The fourth-order valence-electron chi connectivity index (χ4n) is 1.47. The van der Waals surface area contributed by atoms with E-state index in [0.717, 1.165) is 18.2 Å². The van der Waals surface area contributed by atoms with E-state index < -0.39 is 16.0 Å². The van der Waals surface area contributed by atoms with Crippen molar-refractivity contribution in [1.29, 1.82) is 0 Å². The summed E-state index contributed by atoms with van der Waals surface area (Å²) in [5.41, 5.74) is -0.180. The van der Waals surface area contributed by atoms with Gasteiger partial charge in [0.05, 0.1) is 20.5 Å². The number of pyridine rings is 1. The van der Waals surface area contributed by atoms with Crippen molar-refractivity contribution in [3.63, 3.8) is 0 Å². The maximum Gasteiger partial charge on any atom is 0.337 e. The summed E-state index contributed by atoms with van der Waals surface area (Å²) in [7, 11) is -3.92. The first kappa shape index (κ1) is 15.6. The van der Waals surface area contributed by atoms with E-state index in [2.05, 4.69) is 9.71 Å². The van der Waals surface area contributed by atoms with Crippen molar-refractivity contribution in [2.45, 2.75) is 4.90 Å². The van der Waals surface area contributed by atoms with Gasteiger partial charge in [0, 0.05) is 6.20 Å². The summed E-state index contributed by atoms with van der Waals surface area (Å²) in [4.78, 5) is 14.5. The molecule has 1 aromatic heterocycles. The zero-order chi connectivity index (χ0) is 15.6. The Balaban J connectivity index is 2.33. The molecule has 0 radical (unpaired) electrons. The van der Waals surface area contributed by atoms with Gasteiger partial charge in [-0.3, -0.25) is 4.72 Å². The highest BCUT2D eigenvalue weighted by molar-refractivity contribution is 7.92. The van der Waals surface area contributed by atoms with Gasteiger partial charge in [-0.25, -0.2) is 18.2 Å². The number of nitrogens with zero attached hydrogens (tertiary/aromatic N) is 1. The van der Waals surface area contributed by atoms with Crippen LogP contribution < -0.4 is 4.72 Å². The third-order valence-electron chi connectivity index (χ3n) is 2.45. The molecule has 2 rings (SSSR count). The molecule has 0 saturated carbocycles. The minimum absolute atomic E-state index is 0.0813. The van der Waals surface area contributed by atoms with Crippen LogP contribution in [0.15, 0.2) is 41.4 Å². The van der Waals surface area contributed by atoms with Crippen LogP contribution in [0.4, 0.5) is 5.82 Å². The molecule has 21 heavy (non-hydrogen) atoms. The summed E-state index contributed by atoms with van der Waals surface area (Å²) in [6, 6.07) is 6.20. The Labute approximate surface area is 130 Å². The van der Waals surface area contributed by atoms with E-state index in [1.165, 1.54) is 18.3 Å². The van der Waals surface area contributed by atoms with Crippen molar-refractivity contribution >= 4 is 45.0 Å². The first-order valence-electron chi connectivity index (χ1n) is 5.47. The lowest BCUT2D eigenvalue weighted by Gasteiger charge is -2.08. The second-order valence-corrected chi connectivity index (χ2v) is 6.44. The van der Waals surface area contributed by atoms with Crippen molar-refractivity contribution in [3.8, 4) is 0 Å². The maximum atomic E-state index is 12.1. The first-order chi connectivity index (χ1) is 9.79. The maximum absolute atomic E-state index is 12.1. The SMILES string of the molecule is O=C(O)c1ccc(S(=O)(=O)Nc2ccc(Cl)cn2)cc1Cl. The largest absolute Gasteiger partial charge is 0.478 e. The summed E-state index contributed by atoms with van der Waals surface area (Å²) < 4.78 is 26.5. The molecular formula is C12H8Cl2N2O4S. The summed E-state index contributed by atoms with van der Waals surface area (Å²) in [6.45, 7) is 0. The van der Waals surface area contributed by atoms with Gasteiger partial charge >= 0.3 is 5.97 Å². The smallest absolute Gasteiger partial charge is 0.337 e. The van der Waals surface area contributed by atoms with Gasteiger partial charge in [-0.2, -0.15) is 0 Å². The molecule has 1 aromatic carbocycles. The van der Waals surface area contributed by atoms with E-state index in [9.17, 15) is 13.2 Å². The quantitative estimate of drug-likeness (QED) is 0.887. The molecule has 2 N–H and O–H groups in total. The number of rotatable bonds is 4. The molecule has 2 aromatic rings. The topological polar surface area (TPSA) is 96.4 Å². The normalized spacial score (nSPS) is 11.1. The number of halogens is 2. The highest BCUT2D eigenvalue weighted by atomic mass is 35.5. The third kappa shape index (κ3) is 3.63. The van der Waals surface area contributed by atoms with Crippen LogP contribution in [0.1, 0.15) is 10.4 Å². The minimum Gasteiger partial charge on any atom is -0.478 e. The average Bonchev–Trinajstić information content (AvgIpc) is 2.40. The van der Waals surface area contributed by atoms with Crippen LogP contribution in [0.5, 0.6) is 0 Å². The number of benzene rings is 1. The molecule has 110 valence electrons. The molecule has 0 fully saturated rings. The Bertz CT molecular complexity index is 791. The average molecular weight is 347 g/mol. The molecule has 0 unspecified atom stereocenters. The van der Waals surface area contributed by atoms with Gasteiger partial charge in [-0.1, -0.05) is 23.2 Å². The molecule has 6 nitrogen and oxygen atoms in total. The minimum atomic E-state index is -3.92. The van der Waals surface area contributed by atoms with E-state index in [4.69, 9.17) is 28.3 Å². The van der Waals surface area contributed by atoms with Crippen LogP contribution >= 0.6 is 23.2 Å². The second-order valence-electron chi connectivity index (χ2n) is 3.91. The van der Waals surface area contributed by atoms with Gasteiger partial charge < -0.3 is 5.11 Å². The number of hydrogen-bond acceptors (Lipinski definition) is 4. The van der Waals surface area contributed by atoms with E-state index in [1.807, 2.05) is 0 Å². The Morgan fingerprint density at radius 2 is 1.90 bits per heavy atom. The van der Waals surface area contributed by atoms with Crippen molar-refractivity contribution in [3.05, 3.63) is 52.1 Å². The molecule has 0 aliphatic heterocycles. The molecule has 0 atom stereocenters. The zero-order valence-corrected chi connectivity index (χ0v) is 12.6. The Hall–Kier alpha value is -1.83. The van der Waals surface area contributed by atoms with Crippen molar-refractivity contribution in [2.75, 3.05) is 4.72 Å². The summed E-state index contributed by atoms with van der Waals surface area (Å²) >= 11 is 11.4. The van der Waals surface area contributed by atoms with Crippen molar-refractivity contribution in [2.24, 2.45) is 0 Å². The molecule has 0 spiro atoms. The Kier molecular flexibility index (Phi) is 4.36. The molecule has 0 saturated heterocycles. The number of aromatic nitrogens is 1. The molecular weight excluding hydrogens is 339 g/mol. The number of carbonyl (C=O) groups is 1. The fraction of sp³-hybridized carbons (Fsp3) is 0. The molecule has 0 bridgehead atoms. The molecule has 0 amide bonds. The molecule has 9 heteroatoms. The van der Waals surface area contributed by atoms with Crippen LogP contribution in [0, 0.1) is 0 Å². The summed E-state index contributed by atoms with van der Waals surface area (Å²) in [5, 5.41) is 9.04. The molecule has 0 aliphatic rings. The standard InChI is InChI=1S/C12H8Cl2N2O4S/c13-7-1-4-11(15-6-7)16-21(19,20)8-2-3-9(12(17)18)10(14)5-8/h1-6H,(H,15,16)(H,17,18). The lowest BCUT2D eigenvalue weighted by molar-refractivity contribution is 0.0697. The predicted molar refractivity (Wildman–Crippen MR) is 78.5 cm³/mol. The summed E-state index contributed by atoms with van der Waals surface area (Å²) in [5.74, 6) is -1.16. The van der Waals surface area contributed by atoms with Crippen LogP contribution in [0.3, 0.4) is 0 Å². The number of sulfonamides is 1. The fourth-order valence-corrected chi connectivity index (χ4v) is 2.94. The van der Waals surface area contributed by atoms with Crippen molar-refractivity contribution in [1.82, 2.24) is 4.98 Å². The lowest BCUT2D eigenvalue weighted by Crippen LogP contribution is -2.14. The summed E-state index contributed by atoms with van der Waals surface area (Å²) in [6.07, 6.45) is 1.29. The highest BCUT2D eigenvalue weighted by Gasteiger charge is 2.18. The van der Waals surface area contributed by atoms with Gasteiger partial charge in [0.2, 0.25) is 0 Å². The molecule has 1 heterocycles. The van der Waals surface area contributed by atoms with Crippen molar-refractivity contribution < 1.29 is 18.3 Å². The van der Waals surface area contributed by atoms with E-state index >= 15 is 0 Å². The number of hydrogen-bond donors (Lipinski definition) is 2. The van der Waals surface area contributed by atoms with Gasteiger partial charge in [0.25, 0.3) is 10.0 Å². The third-order valence-corrected chi connectivity index (χ3v) is 4.34. The second kappa shape index (κ2) is 5.88. The van der Waals surface area contributed by atoms with Crippen LogP contribution in [0.25, 0.3) is 0 Å². The van der Waals surface area contributed by atoms with Crippen LogP contribution in [-0.2, 0) is 10.0 Å². The number of carboxylic acids is 1. The van der Waals surface area contributed by atoms with E-state index in [-0.39, 0.29) is 21.3 Å². The number of aromatic carboxylic acids is 1. The van der Waals surface area contributed by atoms with Gasteiger partial charge in [0.1, 0.15) is 5.82 Å². The number of anilines is 1. The lowest BCUT2D eigenvalue weighted by atomic mass is 10.2. The number of carboxylic acid groups (broad SMARTS) is 1. The van der Waals surface area contributed by atoms with E-state index in [0.29, 0.717) is 5.02 Å².